The third-order valence-electron chi connectivity index (χ3n) is 4.32. The largest absolute Gasteiger partial charge is 0.477 e. The molecule has 0 aliphatic heterocycles. The van der Waals surface area contributed by atoms with Crippen molar-refractivity contribution in [3.63, 3.8) is 0 Å². The Labute approximate surface area is 125 Å². The Morgan fingerprint density at radius 3 is 2.52 bits per heavy atom. The van der Waals surface area contributed by atoms with Crippen LogP contribution in [0.2, 0.25) is 0 Å². The van der Waals surface area contributed by atoms with Crippen LogP contribution in [0.3, 0.4) is 0 Å². The van der Waals surface area contributed by atoms with E-state index < -0.39 is 5.97 Å². The molecular formula is C16H24N2O3. The summed E-state index contributed by atoms with van der Waals surface area (Å²) in [5, 5.41) is 17.8. The second-order valence-electron chi connectivity index (χ2n) is 5.74. The van der Waals surface area contributed by atoms with Gasteiger partial charge in [-0.2, -0.15) is 5.10 Å². The summed E-state index contributed by atoms with van der Waals surface area (Å²) in [6.07, 6.45) is 5.76. The van der Waals surface area contributed by atoms with Crippen molar-refractivity contribution in [3.8, 4) is 5.88 Å². The molecule has 5 heteroatoms. The number of nitrogens with zero attached hydrogens (tertiary/aromatic N) is 2. The molecule has 1 aromatic rings. The zero-order valence-electron chi connectivity index (χ0n) is 13.1. The van der Waals surface area contributed by atoms with E-state index in [-0.39, 0.29) is 17.5 Å². The van der Waals surface area contributed by atoms with E-state index in [4.69, 9.17) is 4.74 Å². The van der Waals surface area contributed by atoms with Crippen LogP contribution in [0.15, 0.2) is 0 Å². The summed E-state index contributed by atoms with van der Waals surface area (Å²) >= 11 is 0. The summed E-state index contributed by atoms with van der Waals surface area (Å²) in [5.74, 6) is -0.358. The Morgan fingerprint density at radius 1 is 1.24 bits per heavy atom. The fourth-order valence-corrected chi connectivity index (χ4v) is 3.06. The summed E-state index contributed by atoms with van der Waals surface area (Å²) in [6.45, 7) is 6.05. The van der Waals surface area contributed by atoms with E-state index in [2.05, 4.69) is 17.1 Å². The molecule has 5 nitrogen and oxygen atoms in total. The van der Waals surface area contributed by atoms with Gasteiger partial charge in [0.1, 0.15) is 11.7 Å². The first-order valence-electron chi connectivity index (χ1n) is 7.86. The molecule has 1 saturated carbocycles. The molecule has 1 fully saturated rings. The van der Waals surface area contributed by atoms with Crippen LogP contribution < -0.4 is 4.74 Å². The van der Waals surface area contributed by atoms with Gasteiger partial charge >= 0.3 is 5.97 Å². The lowest BCUT2D eigenvalue weighted by molar-refractivity contribution is 0.0662. The number of hydrogen-bond donors (Lipinski definition) is 1. The normalized spacial score (nSPS) is 22.0. The maximum absolute atomic E-state index is 11.6. The van der Waals surface area contributed by atoms with Crippen LogP contribution in [-0.2, 0) is 12.8 Å². The van der Waals surface area contributed by atoms with Crippen molar-refractivity contribution in [2.75, 3.05) is 0 Å². The third-order valence-corrected chi connectivity index (χ3v) is 4.32. The summed E-state index contributed by atoms with van der Waals surface area (Å²) in [6, 6.07) is 0. The topological polar surface area (TPSA) is 72.3 Å². The standard InChI is InChI=1S/C16H24N2O3/c1-4-11-12(5-2)17-18-15(14(11)16(19)20)21-13-9-7-6-8-10(13)3/h10,13H,4-9H2,1-3H3,(H,19,20). The van der Waals surface area contributed by atoms with Crippen molar-refractivity contribution in [2.45, 2.75) is 65.4 Å². The molecule has 1 heterocycles. The number of aromatic nitrogens is 2. The van der Waals surface area contributed by atoms with Gasteiger partial charge in [-0.25, -0.2) is 4.79 Å². The monoisotopic (exact) mass is 292 g/mol. The second-order valence-corrected chi connectivity index (χ2v) is 5.74. The highest BCUT2D eigenvalue weighted by molar-refractivity contribution is 5.92. The summed E-state index contributed by atoms with van der Waals surface area (Å²) in [4.78, 5) is 11.6. The second kappa shape index (κ2) is 6.87. The van der Waals surface area contributed by atoms with Gasteiger partial charge in [0.25, 0.3) is 0 Å². The van der Waals surface area contributed by atoms with E-state index >= 15 is 0 Å². The van der Waals surface area contributed by atoms with E-state index in [1.165, 1.54) is 6.42 Å². The highest BCUT2D eigenvalue weighted by Crippen LogP contribution is 2.30. The van der Waals surface area contributed by atoms with E-state index in [9.17, 15) is 9.90 Å². The van der Waals surface area contributed by atoms with Crippen molar-refractivity contribution in [3.05, 3.63) is 16.8 Å². The Hall–Kier alpha value is -1.65. The van der Waals surface area contributed by atoms with Crippen molar-refractivity contribution in [2.24, 2.45) is 5.92 Å². The van der Waals surface area contributed by atoms with Crippen LogP contribution in [0, 0.1) is 5.92 Å². The predicted octanol–water partition coefficient (Wildman–Crippen LogP) is 3.26. The van der Waals surface area contributed by atoms with Crippen LogP contribution in [-0.4, -0.2) is 27.4 Å². The van der Waals surface area contributed by atoms with Gasteiger partial charge in [0.2, 0.25) is 5.88 Å². The molecule has 2 unspecified atom stereocenters. The van der Waals surface area contributed by atoms with Crippen LogP contribution in [0.25, 0.3) is 0 Å². The Balaban J connectivity index is 2.36. The molecule has 1 aromatic heterocycles. The van der Waals surface area contributed by atoms with E-state index in [1.54, 1.807) is 0 Å². The maximum Gasteiger partial charge on any atom is 0.341 e. The van der Waals surface area contributed by atoms with Crippen LogP contribution in [0.4, 0.5) is 0 Å². The number of carbonyl (C=O) groups is 1. The van der Waals surface area contributed by atoms with Gasteiger partial charge in [0.15, 0.2) is 0 Å². The van der Waals surface area contributed by atoms with E-state index in [0.29, 0.717) is 18.8 Å². The van der Waals surface area contributed by atoms with Gasteiger partial charge in [-0.3, -0.25) is 0 Å². The molecule has 0 aromatic carbocycles. The first-order chi connectivity index (χ1) is 10.1. The molecule has 0 amide bonds. The molecule has 0 spiro atoms. The quantitative estimate of drug-likeness (QED) is 0.901. The lowest BCUT2D eigenvalue weighted by Gasteiger charge is -2.29. The lowest BCUT2D eigenvalue weighted by Crippen LogP contribution is -2.30. The molecule has 2 atom stereocenters. The molecule has 21 heavy (non-hydrogen) atoms. The molecule has 0 saturated heterocycles. The fraction of sp³-hybridized carbons (Fsp3) is 0.688. The van der Waals surface area contributed by atoms with Crippen molar-refractivity contribution in [1.29, 1.82) is 0 Å². The fourth-order valence-electron chi connectivity index (χ4n) is 3.06. The zero-order chi connectivity index (χ0) is 15.4. The smallest absolute Gasteiger partial charge is 0.341 e. The zero-order valence-corrected chi connectivity index (χ0v) is 13.1. The minimum Gasteiger partial charge on any atom is -0.477 e. The molecule has 116 valence electrons. The summed E-state index contributed by atoms with van der Waals surface area (Å²) < 4.78 is 5.95. The number of rotatable bonds is 5. The molecule has 1 N–H and O–H groups in total. The van der Waals surface area contributed by atoms with Gasteiger partial charge in [0, 0.05) is 0 Å². The first kappa shape index (κ1) is 15.7. The molecule has 0 bridgehead atoms. The van der Waals surface area contributed by atoms with Gasteiger partial charge in [-0.05, 0) is 43.6 Å². The van der Waals surface area contributed by atoms with Crippen molar-refractivity contribution in [1.82, 2.24) is 10.2 Å². The third kappa shape index (κ3) is 3.34. The number of aromatic carboxylic acids is 1. The average molecular weight is 292 g/mol. The molecular weight excluding hydrogens is 268 g/mol. The minimum atomic E-state index is -0.977. The maximum atomic E-state index is 11.6. The van der Waals surface area contributed by atoms with Gasteiger partial charge < -0.3 is 9.84 Å². The van der Waals surface area contributed by atoms with E-state index in [0.717, 1.165) is 30.5 Å². The minimum absolute atomic E-state index is 0.0448. The number of aryl methyl sites for hydroxylation is 1. The first-order valence-corrected chi connectivity index (χ1v) is 7.86. The number of hydrogen-bond acceptors (Lipinski definition) is 4. The van der Waals surface area contributed by atoms with E-state index in [1.807, 2.05) is 13.8 Å². The van der Waals surface area contributed by atoms with Crippen molar-refractivity contribution < 1.29 is 14.6 Å². The molecule has 0 radical (unpaired) electrons. The summed E-state index contributed by atoms with van der Waals surface area (Å²) in [7, 11) is 0. The van der Waals surface area contributed by atoms with Gasteiger partial charge in [-0.1, -0.05) is 27.2 Å². The molecule has 2 rings (SSSR count). The van der Waals surface area contributed by atoms with Crippen LogP contribution in [0.1, 0.15) is 68.1 Å². The van der Waals surface area contributed by atoms with Crippen LogP contribution >= 0.6 is 0 Å². The van der Waals surface area contributed by atoms with Gasteiger partial charge in [-0.15, -0.1) is 5.10 Å². The van der Waals surface area contributed by atoms with Crippen molar-refractivity contribution >= 4 is 5.97 Å². The Bertz CT molecular complexity index is 516. The SMILES string of the molecule is CCc1nnc(OC2CCCCC2C)c(C(=O)O)c1CC. The molecule has 1 aliphatic rings. The number of ether oxygens (including phenoxy) is 1. The summed E-state index contributed by atoms with van der Waals surface area (Å²) in [5.41, 5.74) is 1.69. The Morgan fingerprint density at radius 2 is 1.95 bits per heavy atom. The number of carboxylic acids is 1. The van der Waals surface area contributed by atoms with Crippen LogP contribution in [0.5, 0.6) is 5.88 Å². The highest BCUT2D eigenvalue weighted by Gasteiger charge is 2.27. The predicted molar refractivity (Wildman–Crippen MR) is 79.8 cm³/mol. The lowest BCUT2D eigenvalue weighted by atomic mass is 9.88. The average Bonchev–Trinajstić information content (AvgIpc) is 2.48. The van der Waals surface area contributed by atoms with Gasteiger partial charge in [0.05, 0.1) is 5.69 Å². The highest BCUT2D eigenvalue weighted by atomic mass is 16.5. The number of carboxylic acid groups (broad SMARTS) is 1. The Kier molecular flexibility index (Phi) is 5.15. The molecule has 1 aliphatic carbocycles.